The number of amides is 1. The first-order chi connectivity index (χ1) is 11.1. The predicted octanol–water partition coefficient (Wildman–Crippen LogP) is 2.57. The maximum atomic E-state index is 12.5. The van der Waals surface area contributed by atoms with E-state index in [1.54, 1.807) is 6.07 Å². The van der Waals surface area contributed by atoms with E-state index in [4.69, 9.17) is 17.3 Å². The first-order valence-corrected chi connectivity index (χ1v) is 7.90. The number of hydrogen-bond donors (Lipinski definition) is 2. The van der Waals surface area contributed by atoms with Crippen molar-refractivity contribution in [3.8, 4) is 0 Å². The zero-order valence-electron chi connectivity index (χ0n) is 12.6. The Morgan fingerprint density at radius 1 is 1.30 bits per heavy atom. The maximum absolute atomic E-state index is 12.5. The summed E-state index contributed by atoms with van der Waals surface area (Å²) < 4.78 is 0. The summed E-state index contributed by atoms with van der Waals surface area (Å²) in [6.07, 6.45) is 1.76. The van der Waals surface area contributed by atoms with E-state index >= 15 is 0 Å². The molecule has 1 atom stereocenters. The second-order valence-corrected chi connectivity index (χ2v) is 5.93. The third-order valence-corrected chi connectivity index (χ3v) is 4.05. The molecule has 1 aliphatic rings. The number of rotatable bonds is 3. The molecule has 1 aromatic heterocycles. The smallest absolute Gasteiger partial charge is 0.229 e. The van der Waals surface area contributed by atoms with E-state index < -0.39 is 0 Å². The van der Waals surface area contributed by atoms with Gasteiger partial charge in [-0.05, 0) is 25.0 Å². The van der Waals surface area contributed by atoms with Crippen molar-refractivity contribution in [2.75, 3.05) is 29.0 Å². The van der Waals surface area contributed by atoms with Crippen molar-refractivity contribution in [1.82, 2.24) is 9.97 Å². The molecule has 1 amide bonds. The van der Waals surface area contributed by atoms with Crippen LogP contribution in [0.3, 0.4) is 0 Å². The van der Waals surface area contributed by atoms with Gasteiger partial charge in [0.1, 0.15) is 11.0 Å². The van der Waals surface area contributed by atoms with Crippen molar-refractivity contribution in [2.24, 2.45) is 5.92 Å². The maximum Gasteiger partial charge on any atom is 0.229 e. The molecule has 0 saturated carbocycles. The zero-order chi connectivity index (χ0) is 16.2. The van der Waals surface area contributed by atoms with Gasteiger partial charge in [-0.15, -0.1) is 0 Å². The molecule has 1 aliphatic heterocycles. The quantitative estimate of drug-likeness (QED) is 0.844. The van der Waals surface area contributed by atoms with Crippen LogP contribution >= 0.6 is 11.6 Å². The molecule has 0 aliphatic carbocycles. The number of carbonyl (C=O) groups excluding carboxylic acids is 1. The molecular weight excluding hydrogens is 314 g/mol. The Hall–Kier alpha value is -2.34. The monoisotopic (exact) mass is 331 g/mol. The van der Waals surface area contributed by atoms with Crippen molar-refractivity contribution < 1.29 is 4.79 Å². The van der Waals surface area contributed by atoms with Gasteiger partial charge in [-0.2, -0.15) is 4.98 Å². The van der Waals surface area contributed by atoms with Crippen LogP contribution in [0.5, 0.6) is 0 Å². The van der Waals surface area contributed by atoms with Crippen molar-refractivity contribution in [3.63, 3.8) is 0 Å². The fourth-order valence-corrected chi connectivity index (χ4v) is 2.93. The molecule has 1 aromatic carbocycles. The van der Waals surface area contributed by atoms with Gasteiger partial charge in [-0.1, -0.05) is 29.8 Å². The highest BCUT2D eigenvalue weighted by Gasteiger charge is 2.27. The summed E-state index contributed by atoms with van der Waals surface area (Å²) in [6.45, 7) is 1.41. The van der Waals surface area contributed by atoms with Crippen molar-refractivity contribution in [1.29, 1.82) is 0 Å². The van der Waals surface area contributed by atoms with Gasteiger partial charge in [0.15, 0.2) is 0 Å². The van der Waals surface area contributed by atoms with Crippen LogP contribution in [-0.2, 0) is 4.79 Å². The van der Waals surface area contributed by atoms with E-state index in [1.165, 1.54) is 0 Å². The summed E-state index contributed by atoms with van der Waals surface area (Å²) in [5.74, 6) is 0.732. The molecule has 1 saturated heterocycles. The van der Waals surface area contributed by atoms with Crippen molar-refractivity contribution in [2.45, 2.75) is 12.8 Å². The Bertz CT molecular complexity index is 674. The summed E-state index contributed by atoms with van der Waals surface area (Å²) in [7, 11) is 0. The molecule has 3 N–H and O–H groups in total. The molecule has 0 bridgehead atoms. The van der Waals surface area contributed by atoms with Crippen molar-refractivity contribution in [3.05, 3.63) is 41.6 Å². The molecule has 120 valence electrons. The lowest BCUT2D eigenvalue weighted by atomic mass is 9.97. The summed E-state index contributed by atoms with van der Waals surface area (Å²) in [4.78, 5) is 22.6. The molecule has 1 fully saturated rings. The Morgan fingerprint density at radius 2 is 2.09 bits per heavy atom. The fourth-order valence-electron chi connectivity index (χ4n) is 2.75. The van der Waals surface area contributed by atoms with E-state index in [0.717, 1.165) is 25.1 Å². The van der Waals surface area contributed by atoms with Crippen LogP contribution in [0.25, 0.3) is 0 Å². The fraction of sp³-hybridized carbons (Fsp3) is 0.312. The topological polar surface area (TPSA) is 84.1 Å². The molecule has 6 nitrogen and oxygen atoms in total. The van der Waals surface area contributed by atoms with Gasteiger partial charge in [0.2, 0.25) is 11.9 Å². The Morgan fingerprint density at radius 3 is 2.83 bits per heavy atom. The number of carbonyl (C=O) groups is 1. The van der Waals surface area contributed by atoms with Gasteiger partial charge in [0, 0.05) is 24.8 Å². The Kier molecular flexibility index (Phi) is 4.62. The second-order valence-electron chi connectivity index (χ2n) is 5.55. The normalized spacial score (nSPS) is 17.8. The third-order valence-electron chi connectivity index (χ3n) is 3.86. The highest BCUT2D eigenvalue weighted by atomic mass is 35.5. The Labute approximate surface area is 139 Å². The average Bonchev–Trinajstić information content (AvgIpc) is 2.55. The summed E-state index contributed by atoms with van der Waals surface area (Å²) in [5, 5.41) is 3.27. The number of nitrogens with one attached hydrogen (secondary N) is 1. The minimum atomic E-state index is -0.0982. The van der Waals surface area contributed by atoms with Crippen LogP contribution in [0.4, 0.5) is 17.5 Å². The van der Waals surface area contributed by atoms with Crippen LogP contribution in [0.15, 0.2) is 36.4 Å². The molecule has 1 unspecified atom stereocenters. The van der Waals surface area contributed by atoms with Gasteiger partial charge in [0.05, 0.1) is 5.92 Å². The van der Waals surface area contributed by atoms with Crippen LogP contribution < -0.4 is 16.0 Å². The standard InChI is InChI=1S/C16H18ClN5O/c17-13-9-14(21-16(18)20-13)22-8-4-5-11(10-22)15(23)19-12-6-2-1-3-7-12/h1-3,6-7,9,11H,4-5,8,10H2,(H,19,23)(H2,18,20,21). The first kappa shape index (κ1) is 15.6. The third kappa shape index (κ3) is 3.90. The lowest BCUT2D eigenvalue weighted by Crippen LogP contribution is -2.41. The van der Waals surface area contributed by atoms with E-state index in [9.17, 15) is 4.79 Å². The number of para-hydroxylation sites is 1. The molecule has 3 rings (SSSR count). The van der Waals surface area contributed by atoms with Gasteiger partial charge in [0.25, 0.3) is 0 Å². The Balaban J connectivity index is 1.69. The molecule has 7 heteroatoms. The van der Waals surface area contributed by atoms with Crippen LogP contribution in [0.1, 0.15) is 12.8 Å². The van der Waals surface area contributed by atoms with E-state index in [1.807, 2.05) is 35.2 Å². The van der Waals surface area contributed by atoms with E-state index in [0.29, 0.717) is 17.5 Å². The first-order valence-electron chi connectivity index (χ1n) is 7.53. The summed E-state index contributed by atoms with van der Waals surface area (Å²) in [5.41, 5.74) is 6.46. The molecular formula is C16H18ClN5O. The SMILES string of the molecule is Nc1nc(Cl)cc(N2CCCC(C(=O)Nc3ccccc3)C2)n1. The number of benzene rings is 1. The van der Waals surface area contributed by atoms with Gasteiger partial charge in [-0.25, -0.2) is 4.98 Å². The number of halogens is 1. The van der Waals surface area contributed by atoms with Gasteiger partial charge >= 0.3 is 0 Å². The molecule has 2 aromatic rings. The number of hydrogen-bond acceptors (Lipinski definition) is 5. The van der Waals surface area contributed by atoms with Gasteiger partial charge in [-0.3, -0.25) is 4.79 Å². The number of aromatic nitrogens is 2. The summed E-state index contributed by atoms with van der Waals surface area (Å²) >= 11 is 5.94. The van der Waals surface area contributed by atoms with Crippen molar-refractivity contribution >= 4 is 35.0 Å². The molecule has 0 radical (unpaired) electrons. The zero-order valence-corrected chi connectivity index (χ0v) is 13.3. The van der Waals surface area contributed by atoms with Crippen LogP contribution in [0, 0.1) is 5.92 Å². The molecule has 23 heavy (non-hydrogen) atoms. The average molecular weight is 332 g/mol. The second kappa shape index (κ2) is 6.83. The molecule has 2 heterocycles. The predicted molar refractivity (Wildman–Crippen MR) is 91.5 cm³/mol. The number of anilines is 3. The number of nitrogen functional groups attached to an aromatic ring is 1. The largest absolute Gasteiger partial charge is 0.368 e. The minimum absolute atomic E-state index is 0.0222. The number of nitrogens with zero attached hydrogens (tertiary/aromatic N) is 3. The number of nitrogens with two attached hydrogens (primary N) is 1. The molecule has 0 spiro atoms. The lowest BCUT2D eigenvalue weighted by molar-refractivity contribution is -0.120. The summed E-state index contributed by atoms with van der Waals surface area (Å²) in [6, 6.07) is 11.1. The number of piperidine rings is 1. The highest BCUT2D eigenvalue weighted by Crippen LogP contribution is 2.24. The van der Waals surface area contributed by atoms with Gasteiger partial charge < -0.3 is 16.0 Å². The highest BCUT2D eigenvalue weighted by molar-refractivity contribution is 6.29. The lowest BCUT2D eigenvalue weighted by Gasteiger charge is -2.32. The van der Waals surface area contributed by atoms with E-state index in [-0.39, 0.29) is 17.8 Å². The van der Waals surface area contributed by atoms with Crippen LogP contribution in [-0.4, -0.2) is 29.0 Å². The van der Waals surface area contributed by atoms with Crippen LogP contribution in [0.2, 0.25) is 5.15 Å². The minimum Gasteiger partial charge on any atom is -0.368 e. The van der Waals surface area contributed by atoms with E-state index in [2.05, 4.69) is 15.3 Å².